The summed E-state index contributed by atoms with van der Waals surface area (Å²) in [5, 5.41) is 7.23. The molecule has 0 bridgehead atoms. The number of methoxy groups -OCH3 is 1. The Morgan fingerprint density at radius 3 is 2.96 bits per heavy atom. The van der Waals surface area contributed by atoms with Gasteiger partial charge >= 0.3 is 6.03 Å². The van der Waals surface area contributed by atoms with Gasteiger partial charge in [0.25, 0.3) is 5.91 Å². The highest BCUT2D eigenvalue weighted by Gasteiger charge is 2.47. The molecular weight excluding hydrogens is 308 g/mol. The average molecular weight is 332 g/mol. The van der Waals surface area contributed by atoms with Gasteiger partial charge in [-0.05, 0) is 44.1 Å². The summed E-state index contributed by atoms with van der Waals surface area (Å²) in [7, 11) is 1.72. The van der Waals surface area contributed by atoms with Crippen molar-refractivity contribution in [2.75, 3.05) is 7.11 Å². The molecule has 1 aliphatic carbocycles. The number of ether oxygens (including phenoxy) is 1. The number of carbonyl (C=O) groups excluding carboxylic acids is 2. The third-order valence-corrected chi connectivity index (χ3v) is 5.72. The topological polar surface area (TPSA) is 76.5 Å². The van der Waals surface area contributed by atoms with Gasteiger partial charge in [0.1, 0.15) is 6.04 Å². The van der Waals surface area contributed by atoms with Crippen LogP contribution in [0.1, 0.15) is 50.3 Å². The summed E-state index contributed by atoms with van der Waals surface area (Å²) < 4.78 is 7.38. The van der Waals surface area contributed by atoms with Crippen LogP contribution in [-0.2, 0) is 16.1 Å². The van der Waals surface area contributed by atoms with Crippen LogP contribution >= 0.6 is 0 Å². The Morgan fingerprint density at radius 2 is 2.12 bits per heavy atom. The molecule has 1 saturated heterocycles. The quantitative estimate of drug-likeness (QED) is 0.857. The van der Waals surface area contributed by atoms with E-state index in [-0.39, 0.29) is 30.0 Å². The number of carbonyl (C=O) groups is 2. The number of imide groups is 1. The zero-order chi connectivity index (χ0) is 16.7. The molecule has 1 aromatic heterocycles. The molecule has 3 heterocycles. The fourth-order valence-corrected chi connectivity index (χ4v) is 4.48. The zero-order valence-electron chi connectivity index (χ0n) is 14.0. The lowest BCUT2D eigenvalue weighted by Gasteiger charge is -2.32. The van der Waals surface area contributed by atoms with E-state index in [0.29, 0.717) is 0 Å². The maximum absolute atomic E-state index is 13.0. The molecule has 0 radical (unpaired) electrons. The second-order valence-corrected chi connectivity index (χ2v) is 7.06. The molecule has 2 aliphatic heterocycles. The Labute approximate surface area is 141 Å². The number of hydrogen-bond donors (Lipinski definition) is 1. The number of nitrogens with zero attached hydrogens (tertiary/aromatic N) is 3. The molecule has 130 valence electrons. The Morgan fingerprint density at radius 1 is 1.25 bits per heavy atom. The third kappa shape index (κ3) is 2.51. The Kier molecular flexibility index (Phi) is 4.04. The van der Waals surface area contributed by atoms with Gasteiger partial charge in [0, 0.05) is 19.9 Å². The van der Waals surface area contributed by atoms with Gasteiger partial charge in [-0.25, -0.2) is 4.79 Å². The van der Waals surface area contributed by atoms with Crippen molar-refractivity contribution in [2.24, 2.45) is 5.92 Å². The molecule has 7 nitrogen and oxygen atoms in total. The van der Waals surface area contributed by atoms with Crippen molar-refractivity contribution in [2.45, 2.75) is 63.3 Å². The second kappa shape index (κ2) is 6.20. The van der Waals surface area contributed by atoms with Crippen molar-refractivity contribution < 1.29 is 14.3 Å². The third-order valence-electron chi connectivity index (χ3n) is 5.72. The Bertz CT molecular complexity index is 644. The van der Waals surface area contributed by atoms with Crippen molar-refractivity contribution in [3.05, 3.63) is 18.0 Å². The van der Waals surface area contributed by atoms with Crippen LogP contribution in [-0.4, -0.2) is 45.9 Å². The first-order valence-electron chi connectivity index (χ1n) is 8.87. The van der Waals surface area contributed by atoms with Crippen molar-refractivity contribution in [3.63, 3.8) is 0 Å². The van der Waals surface area contributed by atoms with E-state index in [1.807, 2.05) is 10.7 Å². The first kappa shape index (κ1) is 15.6. The van der Waals surface area contributed by atoms with E-state index >= 15 is 0 Å². The normalized spacial score (nSPS) is 33.5. The monoisotopic (exact) mass is 332 g/mol. The van der Waals surface area contributed by atoms with Gasteiger partial charge in [0.05, 0.1) is 17.8 Å². The van der Waals surface area contributed by atoms with Gasteiger partial charge < -0.3 is 10.1 Å². The molecule has 4 atom stereocenters. The number of fused-ring (bicyclic) bond motifs is 1. The zero-order valence-corrected chi connectivity index (χ0v) is 14.0. The number of aromatic nitrogens is 2. The van der Waals surface area contributed by atoms with Crippen LogP contribution < -0.4 is 5.32 Å². The first-order valence-corrected chi connectivity index (χ1v) is 8.87. The summed E-state index contributed by atoms with van der Waals surface area (Å²) in [6, 6.07) is 1.05. The number of rotatable bonds is 3. The van der Waals surface area contributed by atoms with E-state index in [4.69, 9.17) is 4.74 Å². The molecule has 7 heteroatoms. The fraction of sp³-hybridized carbons (Fsp3) is 0.706. The molecule has 1 saturated carbocycles. The number of urea groups is 1. The molecule has 3 aliphatic rings. The van der Waals surface area contributed by atoms with Crippen LogP contribution in [0.3, 0.4) is 0 Å². The highest BCUT2D eigenvalue weighted by atomic mass is 16.5. The highest BCUT2D eigenvalue weighted by molar-refractivity contribution is 6.04. The largest absolute Gasteiger partial charge is 0.381 e. The van der Waals surface area contributed by atoms with E-state index in [9.17, 15) is 9.59 Å². The summed E-state index contributed by atoms with van der Waals surface area (Å²) in [4.78, 5) is 27.0. The summed E-state index contributed by atoms with van der Waals surface area (Å²) in [6.45, 7) is 0.851. The van der Waals surface area contributed by atoms with Crippen molar-refractivity contribution in [1.82, 2.24) is 20.0 Å². The van der Waals surface area contributed by atoms with Gasteiger partial charge in [0.2, 0.25) is 0 Å². The van der Waals surface area contributed by atoms with Gasteiger partial charge in [-0.15, -0.1) is 0 Å². The summed E-state index contributed by atoms with van der Waals surface area (Å²) in [5.41, 5.74) is 0.962. The van der Waals surface area contributed by atoms with Crippen molar-refractivity contribution >= 4 is 11.9 Å². The maximum atomic E-state index is 13.0. The summed E-state index contributed by atoms with van der Waals surface area (Å²) in [6.07, 6.45) is 7.55. The van der Waals surface area contributed by atoms with Crippen LogP contribution in [0.2, 0.25) is 0 Å². The second-order valence-electron chi connectivity index (χ2n) is 7.06. The van der Waals surface area contributed by atoms with Crippen LogP contribution in [0.5, 0.6) is 0 Å². The Hall–Kier alpha value is -1.89. The fourth-order valence-electron chi connectivity index (χ4n) is 4.48. The number of amides is 3. The summed E-state index contributed by atoms with van der Waals surface area (Å²) in [5.74, 6) is 0.0834. The van der Waals surface area contributed by atoms with Gasteiger partial charge in [0.15, 0.2) is 0 Å². The summed E-state index contributed by atoms with van der Waals surface area (Å²) >= 11 is 0. The molecule has 4 unspecified atom stereocenters. The molecule has 4 rings (SSSR count). The van der Waals surface area contributed by atoms with E-state index in [1.54, 1.807) is 13.3 Å². The van der Waals surface area contributed by atoms with Crippen molar-refractivity contribution in [3.8, 4) is 0 Å². The molecule has 1 aromatic rings. The minimum atomic E-state index is -0.409. The highest BCUT2D eigenvalue weighted by Crippen LogP contribution is 2.36. The van der Waals surface area contributed by atoms with Gasteiger partial charge in [-0.2, -0.15) is 5.10 Å². The molecule has 0 aromatic carbocycles. The lowest BCUT2D eigenvalue weighted by atomic mass is 9.82. The molecule has 0 spiro atoms. The number of hydrogen-bond acceptors (Lipinski definition) is 4. The van der Waals surface area contributed by atoms with Gasteiger partial charge in [-0.1, -0.05) is 6.42 Å². The smallest absolute Gasteiger partial charge is 0.325 e. The minimum absolute atomic E-state index is 0.0820. The van der Waals surface area contributed by atoms with E-state index < -0.39 is 6.04 Å². The number of aryl methyl sites for hydroxylation is 1. The van der Waals surface area contributed by atoms with E-state index in [2.05, 4.69) is 10.4 Å². The van der Waals surface area contributed by atoms with E-state index in [1.165, 1.54) is 4.90 Å². The molecule has 3 amide bonds. The predicted octanol–water partition coefficient (Wildman–Crippen LogP) is 1.84. The molecule has 24 heavy (non-hydrogen) atoms. The molecule has 1 N–H and O–H groups in total. The number of nitrogens with one attached hydrogen (secondary N) is 1. The predicted molar refractivity (Wildman–Crippen MR) is 86.1 cm³/mol. The average Bonchev–Trinajstić information content (AvgIpc) is 3.19. The van der Waals surface area contributed by atoms with Crippen LogP contribution in [0.4, 0.5) is 4.79 Å². The van der Waals surface area contributed by atoms with Crippen LogP contribution in [0, 0.1) is 5.92 Å². The lowest BCUT2D eigenvalue weighted by molar-refractivity contribution is -0.131. The molecule has 2 fully saturated rings. The molecular formula is C17H24N4O3. The first-order chi connectivity index (χ1) is 11.7. The van der Waals surface area contributed by atoms with Crippen molar-refractivity contribution in [1.29, 1.82) is 0 Å². The lowest BCUT2D eigenvalue weighted by Crippen LogP contribution is -2.41. The minimum Gasteiger partial charge on any atom is -0.381 e. The Balaban J connectivity index is 1.55. The van der Waals surface area contributed by atoms with Crippen LogP contribution in [0.25, 0.3) is 0 Å². The SMILES string of the molecule is COC1CCCC(C2NC(=O)N(C3CCCn4nccc43)C2=O)C1. The van der Waals surface area contributed by atoms with Crippen LogP contribution in [0.15, 0.2) is 12.3 Å². The van der Waals surface area contributed by atoms with Gasteiger partial charge in [-0.3, -0.25) is 14.4 Å². The standard InChI is InChI=1S/C17H24N4O3/c1-24-12-5-2-4-11(10-12)15-16(22)21(17(23)19-15)14-6-3-9-20-13(14)7-8-18-20/h7-8,11-12,14-15H,2-6,9-10H2,1H3,(H,19,23). The maximum Gasteiger partial charge on any atom is 0.325 e. The van der Waals surface area contributed by atoms with E-state index in [0.717, 1.165) is 50.8 Å².